The summed E-state index contributed by atoms with van der Waals surface area (Å²) in [5.74, 6) is 0.329. The topological polar surface area (TPSA) is 54.5 Å². The van der Waals surface area contributed by atoms with Crippen molar-refractivity contribution in [1.82, 2.24) is 0 Å². The van der Waals surface area contributed by atoms with Crippen molar-refractivity contribution in [3.63, 3.8) is 0 Å². The van der Waals surface area contributed by atoms with Gasteiger partial charge in [0.15, 0.2) is 0 Å². The second-order valence-corrected chi connectivity index (χ2v) is 4.28. The predicted octanol–water partition coefficient (Wildman–Crippen LogP) is 1.50. The molecule has 0 aromatic heterocycles. The van der Waals surface area contributed by atoms with Gasteiger partial charge in [0.25, 0.3) is 0 Å². The van der Waals surface area contributed by atoms with E-state index in [1.54, 1.807) is 12.1 Å². The smallest absolute Gasteiger partial charge is 0.115 e. The Morgan fingerprint density at radius 2 is 1.59 bits per heavy atom. The number of phenolic OH excluding ortho intramolecular Hbond substituents is 1. The maximum absolute atomic E-state index is 8.76. The predicted molar refractivity (Wildman–Crippen MR) is 63.1 cm³/mol. The van der Waals surface area contributed by atoms with Crippen LogP contribution in [0.15, 0.2) is 24.3 Å². The van der Waals surface area contributed by atoms with Crippen molar-refractivity contribution >= 4 is 0 Å². The van der Waals surface area contributed by atoms with Crippen LogP contribution in [0.25, 0.3) is 0 Å². The molecule has 2 unspecified atom stereocenters. The summed E-state index contributed by atoms with van der Waals surface area (Å²) in [6.07, 6.45) is 0.785. The third-order valence-corrected chi connectivity index (χ3v) is 2.45. The molecule has 2 heterocycles. The van der Waals surface area contributed by atoms with Gasteiger partial charge in [0.05, 0.1) is 26.4 Å². The fourth-order valence-corrected chi connectivity index (χ4v) is 1.20. The number of aryl methyl sites for hydroxylation is 1. The summed E-state index contributed by atoms with van der Waals surface area (Å²) in [5, 5.41) is 8.76. The minimum atomic E-state index is 0.329. The second kappa shape index (κ2) is 6.00. The van der Waals surface area contributed by atoms with Crippen LogP contribution >= 0.6 is 0 Å². The zero-order valence-electron chi connectivity index (χ0n) is 9.96. The number of hydrogen-bond acceptors (Lipinski definition) is 4. The summed E-state index contributed by atoms with van der Waals surface area (Å²) in [6.45, 7) is 5.25. The van der Waals surface area contributed by atoms with Crippen molar-refractivity contribution < 1.29 is 19.3 Å². The first-order valence-electron chi connectivity index (χ1n) is 5.80. The van der Waals surface area contributed by atoms with E-state index < -0.39 is 0 Å². The van der Waals surface area contributed by atoms with Crippen LogP contribution < -0.4 is 0 Å². The molecule has 4 heteroatoms. The highest BCUT2D eigenvalue weighted by Crippen LogP contribution is 2.12. The first kappa shape index (κ1) is 12.4. The molecule has 0 aliphatic carbocycles. The van der Waals surface area contributed by atoms with Gasteiger partial charge in [-0.25, -0.2) is 0 Å². The summed E-state index contributed by atoms with van der Waals surface area (Å²) in [7, 11) is 0. The van der Waals surface area contributed by atoms with Crippen LogP contribution in [0.4, 0.5) is 0 Å². The van der Waals surface area contributed by atoms with Crippen molar-refractivity contribution in [2.24, 2.45) is 0 Å². The molecule has 0 spiro atoms. The number of hydrogen-bond donors (Lipinski definition) is 1. The van der Waals surface area contributed by atoms with E-state index in [-0.39, 0.29) is 0 Å². The lowest BCUT2D eigenvalue weighted by Gasteiger charge is -1.95. The molecule has 1 N–H and O–H groups in total. The summed E-state index contributed by atoms with van der Waals surface area (Å²) < 4.78 is 15.1. The lowest BCUT2D eigenvalue weighted by Crippen LogP contribution is -2.06. The van der Waals surface area contributed by atoms with E-state index in [0.717, 1.165) is 26.4 Å². The summed E-state index contributed by atoms with van der Waals surface area (Å²) in [5.41, 5.74) is 1.17. The number of aromatic hydroxyl groups is 1. The molecule has 94 valence electrons. The van der Waals surface area contributed by atoms with Crippen LogP contribution in [0.3, 0.4) is 0 Å². The molecule has 1 aromatic carbocycles. The highest BCUT2D eigenvalue weighted by atomic mass is 16.6. The van der Waals surface area contributed by atoms with E-state index in [2.05, 4.69) is 0 Å². The third-order valence-electron chi connectivity index (χ3n) is 2.45. The number of benzene rings is 1. The van der Waals surface area contributed by atoms with Crippen molar-refractivity contribution in [3.8, 4) is 5.75 Å². The number of phenols is 1. The van der Waals surface area contributed by atoms with Crippen LogP contribution in [0.1, 0.15) is 5.56 Å². The molecule has 0 amide bonds. The molecular weight excluding hydrogens is 220 g/mol. The van der Waals surface area contributed by atoms with Crippen LogP contribution in [0.5, 0.6) is 5.75 Å². The molecule has 4 nitrogen and oxygen atoms in total. The Morgan fingerprint density at radius 1 is 1.12 bits per heavy atom. The van der Waals surface area contributed by atoms with Gasteiger partial charge in [0.2, 0.25) is 0 Å². The maximum Gasteiger partial charge on any atom is 0.115 e. The summed E-state index contributed by atoms with van der Waals surface area (Å²) >= 11 is 0. The average molecular weight is 238 g/mol. The first-order chi connectivity index (χ1) is 8.24. The van der Waals surface area contributed by atoms with Crippen LogP contribution in [-0.4, -0.2) is 43.7 Å². The lowest BCUT2D eigenvalue weighted by atomic mass is 10.2. The maximum atomic E-state index is 8.76. The van der Waals surface area contributed by atoms with E-state index in [9.17, 15) is 0 Å². The van der Waals surface area contributed by atoms with Gasteiger partial charge in [-0.3, -0.25) is 0 Å². The molecule has 2 saturated heterocycles. The number of rotatable bonds is 4. The van der Waals surface area contributed by atoms with Gasteiger partial charge in [0, 0.05) is 0 Å². The fourth-order valence-electron chi connectivity index (χ4n) is 1.20. The van der Waals surface area contributed by atoms with Crippen molar-refractivity contribution in [1.29, 1.82) is 0 Å². The summed E-state index contributed by atoms with van der Waals surface area (Å²) in [6, 6.07) is 7.09. The average Bonchev–Trinajstić information content (AvgIpc) is 3.16. The highest BCUT2D eigenvalue weighted by molar-refractivity contribution is 5.24. The van der Waals surface area contributed by atoms with Crippen molar-refractivity contribution in [2.75, 3.05) is 26.4 Å². The lowest BCUT2D eigenvalue weighted by molar-refractivity contribution is 0.102. The molecule has 1 aromatic rings. The Morgan fingerprint density at radius 3 is 1.94 bits per heavy atom. The molecule has 2 aliphatic rings. The Balaban J connectivity index is 0.000000128. The van der Waals surface area contributed by atoms with Gasteiger partial charge in [-0.1, -0.05) is 17.7 Å². The Bertz CT molecular complexity index is 295. The number of epoxide rings is 2. The van der Waals surface area contributed by atoms with Gasteiger partial charge in [-0.05, 0) is 19.1 Å². The van der Waals surface area contributed by atoms with E-state index in [4.69, 9.17) is 19.3 Å². The van der Waals surface area contributed by atoms with E-state index >= 15 is 0 Å². The quantitative estimate of drug-likeness (QED) is 0.808. The minimum absolute atomic E-state index is 0.329. The zero-order valence-corrected chi connectivity index (χ0v) is 9.96. The van der Waals surface area contributed by atoms with Gasteiger partial charge in [-0.2, -0.15) is 0 Å². The van der Waals surface area contributed by atoms with E-state index in [0.29, 0.717) is 18.0 Å². The monoisotopic (exact) mass is 238 g/mol. The molecule has 2 fully saturated rings. The first-order valence-corrected chi connectivity index (χ1v) is 5.80. The molecule has 0 radical (unpaired) electrons. The normalized spacial score (nSPS) is 24.8. The summed E-state index contributed by atoms with van der Waals surface area (Å²) in [4.78, 5) is 0. The van der Waals surface area contributed by atoms with Crippen LogP contribution in [0, 0.1) is 6.92 Å². The standard InChI is InChI=1S/C7H8O.C6H10O3/c1-6-2-4-7(8)5-3-6;1(5-3-8-5)7-2-6-4-9-6/h2-5,8H,1H3;5-6H,1-4H2. The fraction of sp³-hybridized carbons (Fsp3) is 0.538. The molecule has 17 heavy (non-hydrogen) atoms. The van der Waals surface area contributed by atoms with E-state index in [1.165, 1.54) is 5.56 Å². The van der Waals surface area contributed by atoms with Crippen molar-refractivity contribution in [2.45, 2.75) is 19.1 Å². The minimum Gasteiger partial charge on any atom is -0.508 e. The Hall–Kier alpha value is -1.10. The highest BCUT2D eigenvalue weighted by Gasteiger charge is 2.26. The molecule has 0 bridgehead atoms. The SMILES string of the molecule is C(OCC1CO1)C1CO1.Cc1ccc(O)cc1. The largest absolute Gasteiger partial charge is 0.508 e. The number of ether oxygens (including phenoxy) is 3. The van der Waals surface area contributed by atoms with Gasteiger partial charge in [-0.15, -0.1) is 0 Å². The van der Waals surface area contributed by atoms with Crippen LogP contribution in [-0.2, 0) is 14.2 Å². The van der Waals surface area contributed by atoms with Gasteiger partial charge >= 0.3 is 0 Å². The Labute approximate surface area is 101 Å². The molecular formula is C13H18O4. The van der Waals surface area contributed by atoms with Crippen LogP contribution in [0.2, 0.25) is 0 Å². The molecule has 3 rings (SSSR count). The van der Waals surface area contributed by atoms with E-state index in [1.807, 2.05) is 19.1 Å². The Kier molecular flexibility index (Phi) is 4.36. The molecule has 2 atom stereocenters. The third kappa shape index (κ3) is 5.68. The molecule has 0 saturated carbocycles. The zero-order chi connectivity index (χ0) is 12.1. The second-order valence-electron chi connectivity index (χ2n) is 4.28. The van der Waals surface area contributed by atoms with Crippen molar-refractivity contribution in [3.05, 3.63) is 29.8 Å². The van der Waals surface area contributed by atoms with Gasteiger partial charge < -0.3 is 19.3 Å². The van der Waals surface area contributed by atoms with Gasteiger partial charge in [0.1, 0.15) is 18.0 Å². The molecule has 2 aliphatic heterocycles.